The number of hydrogen-bond acceptors (Lipinski definition) is 4. The lowest BCUT2D eigenvalue weighted by atomic mass is 10.4. The van der Waals surface area contributed by atoms with Crippen LogP contribution in [0.4, 0.5) is 0 Å². The lowest BCUT2D eigenvalue weighted by Crippen LogP contribution is -2.36. The van der Waals surface area contributed by atoms with Gasteiger partial charge in [-0.1, -0.05) is 0 Å². The van der Waals surface area contributed by atoms with E-state index in [9.17, 15) is 9.59 Å². The summed E-state index contributed by atoms with van der Waals surface area (Å²) in [6, 6.07) is 1.80. The van der Waals surface area contributed by atoms with Crippen molar-refractivity contribution >= 4 is 27.5 Å². The molecule has 2 aromatic heterocycles. The van der Waals surface area contributed by atoms with Crippen LogP contribution < -0.4 is 5.56 Å². The molecule has 0 fully saturated rings. The Bertz CT molecular complexity index is 613. The van der Waals surface area contributed by atoms with E-state index >= 15 is 0 Å². The number of aromatic nitrogens is 2. The summed E-state index contributed by atoms with van der Waals surface area (Å²) in [4.78, 5) is 29.9. The Kier molecular flexibility index (Phi) is 3.76. The maximum atomic E-state index is 12.1. The van der Waals surface area contributed by atoms with Crippen molar-refractivity contribution in [3.8, 4) is 0 Å². The standard InChI is InChI=1S/C12H15N3O2S/c1-3-14(4-2)10(16)7-15-8-13-9-5-6-18-11(9)12(15)17/h5-6,8H,3-4,7H2,1-2H3. The topological polar surface area (TPSA) is 55.2 Å². The van der Waals surface area contributed by atoms with Gasteiger partial charge in [0.2, 0.25) is 5.91 Å². The SMILES string of the molecule is CCN(CC)C(=O)Cn1cnc2ccsc2c1=O. The van der Waals surface area contributed by atoms with Crippen LogP contribution in [0.2, 0.25) is 0 Å². The quantitative estimate of drug-likeness (QED) is 0.838. The molecular formula is C12H15N3O2S. The molecule has 2 rings (SSSR count). The molecule has 0 radical (unpaired) electrons. The van der Waals surface area contributed by atoms with Gasteiger partial charge in [-0.3, -0.25) is 14.2 Å². The second-order valence-electron chi connectivity index (χ2n) is 3.88. The molecular weight excluding hydrogens is 250 g/mol. The fourth-order valence-electron chi connectivity index (χ4n) is 1.81. The molecule has 6 heteroatoms. The second kappa shape index (κ2) is 5.30. The van der Waals surface area contributed by atoms with Crippen LogP contribution >= 0.6 is 11.3 Å². The highest BCUT2D eigenvalue weighted by atomic mass is 32.1. The third kappa shape index (κ3) is 2.28. The molecule has 0 aliphatic heterocycles. The monoisotopic (exact) mass is 265 g/mol. The molecule has 0 spiro atoms. The molecule has 0 N–H and O–H groups in total. The first kappa shape index (κ1) is 12.8. The van der Waals surface area contributed by atoms with E-state index in [1.807, 2.05) is 19.2 Å². The number of nitrogens with zero attached hydrogens (tertiary/aromatic N) is 3. The molecule has 2 heterocycles. The van der Waals surface area contributed by atoms with Crippen molar-refractivity contribution in [3.63, 3.8) is 0 Å². The number of hydrogen-bond donors (Lipinski definition) is 0. The van der Waals surface area contributed by atoms with E-state index in [4.69, 9.17) is 0 Å². The van der Waals surface area contributed by atoms with Crippen molar-refractivity contribution in [2.75, 3.05) is 13.1 Å². The summed E-state index contributed by atoms with van der Waals surface area (Å²) in [5, 5.41) is 1.83. The molecule has 0 aliphatic carbocycles. The number of carbonyl (C=O) groups excluding carboxylic acids is 1. The number of fused-ring (bicyclic) bond motifs is 1. The van der Waals surface area contributed by atoms with Gasteiger partial charge >= 0.3 is 0 Å². The van der Waals surface area contributed by atoms with E-state index in [1.165, 1.54) is 22.2 Å². The van der Waals surface area contributed by atoms with Crippen molar-refractivity contribution < 1.29 is 4.79 Å². The zero-order chi connectivity index (χ0) is 13.1. The number of thiophene rings is 1. The highest BCUT2D eigenvalue weighted by molar-refractivity contribution is 7.17. The lowest BCUT2D eigenvalue weighted by Gasteiger charge is -2.18. The zero-order valence-corrected chi connectivity index (χ0v) is 11.2. The number of amides is 1. The van der Waals surface area contributed by atoms with Crippen molar-refractivity contribution in [3.05, 3.63) is 28.1 Å². The maximum Gasteiger partial charge on any atom is 0.271 e. The Morgan fingerprint density at radius 3 is 2.83 bits per heavy atom. The maximum absolute atomic E-state index is 12.1. The van der Waals surface area contributed by atoms with Crippen molar-refractivity contribution in [2.45, 2.75) is 20.4 Å². The summed E-state index contributed by atoms with van der Waals surface area (Å²) in [6.45, 7) is 5.20. The molecule has 96 valence electrons. The van der Waals surface area contributed by atoms with E-state index < -0.39 is 0 Å². The lowest BCUT2D eigenvalue weighted by molar-refractivity contribution is -0.131. The number of carbonyl (C=O) groups is 1. The zero-order valence-electron chi connectivity index (χ0n) is 10.4. The van der Waals surface area contributed by atoms with Gasteiger partial charge in [0, 0.05) is 13.1 Å². The summed E-state index contributed by atoms with van der Waals surface area (Å²) in [7, 11) is 0. The Morgan fingerprint density at radius 1 is 1.44 bits per heavy atom. The van der Waals surface area contributed by atoms with Crippen LogP contribution in [0, 0.1) is 0 Å². The van der Waals surface area contributed by atoms with Crippen LogP contribution in [0.3, 0.4) is 0 Å². The number of likely N-dealkylation sites (N-methyl/N-ethyl adjacent to an activating group) is 1. The smallest absolute Gasteiger partial charge is 0.271 e. The van der Waals surface area contributed by atoms with Gasteiger partial charge in [-0.2, -0.15) is 0 Å². The van der Waals surface area contributed by atoms with Gasteiger partial charge in [0.25, 0.3) is 5.56 Å². The van der Waals surface area contributed by atoms with Crippen molar-refractivity contribution in [1.82, 2.24) is 14.5 Å². The Balaban J connectivity index is 2.29. The third-order valence-electron chi connectivity index (χ3n) is 2.86. The van der Waals surface area contributed by atoms with Gasteiger partial charge in [0.05, 0.1) is 11.8 Å². The normalized spacial score (nSPS) is 10.8. The summed E-state index contributed by atoms with van der Waals surface area (Å²) in [5.41, 5.74) is 0.548. The molecule has 18 heavy (non-hydrogen) atoms. The van der Waals surface area contributed by atoms with E-state index in [0.717, 1.165) is 0 Å². The average molecular weight is 265 g/mol. The van der Waals surface area contributed by atoms with Gasteiger partial charge in [-0.15, -0.1) is 11.3 Å². The minimum atomic E-state index is -0.143. The highest BCUT2D eigenvalue weighted by Gasteiger charge is 2.12. The van der Waals surface area contributed by atoms with Crippen LogP contribution in [0.1, 0.15) is 13.8 Å². The third-order valence-corrected chi connectivity index (χ3v) is 3.75. The summed E-state index contributed by atoms with van der Waals surface area (Å²) >= 11 is 1.35. The molecule has 5 nitrogen and oxygen atoms in total. The van der Waals surface area contributed by atoms with E-state index in [1.54, 1.807) is 11.0 Å². The van der Waals surface area contributed by atoms with E-state index in [-0.39, 0.29) is 18.0 Å². The summed E-state index contributed by atoms with van der Waals surface area (Å²) in [5.74, 6) is -0.0557. The molecule has 0 aliphatic rings. The minimum Gasteiger partial charge on any atom is -0.342 e. The van der Waals surface area contributed by atoms with Crippen LogP contribution in [-0.2, 0) is 11.3 Å². The van der Waals surface area contributed by atoms with Gasteiger partial charge in [0.15, 0.2) is 0 Å². The number of rotatable bonds is 4. The van der Waals surface area contributed by atoms with Gasteiger partial charge in [-0.05, 0) is 25.3 Å². The predicted octanol–water partition coefficient (Wildman–Crippen LogP) is 1.33. The minimum absolute atomic E-state index is 0.0557. The molecule has 0 unspecified atom stereocenters. The van der Waals surface area contributed by atoms with Crippen molar-refractivity contribution in [1.29, 1.82) is 0 Å². The highest BCUT2D eigenvalue weighted by Crippen LogP contribution is 2.13. The summed E-state index contributed by atoms with van der Waals surface area (Å²) in [6.07, 6.45) is 1.44. The fraction of sp³-hybridized carbons (Fsp3) is 0.417. The van der Waals surface area contributed by atoms with Crippen molar-refractivity contribution in [2.24, 2.45) is 0 Å². The van der Waals surface area contributed by atoms with Crippen LogP contribution in [0.25, 0.3) is 10.2 Å². The molecule has 0 saturated heterocycles. The van der Waals surface area contributed by atoms with Crippen LogP contribution in [0.5, 0.6) is 0 Å². The Labute approximate surface area is 109 Å². The first-order valence-corrected chi connectivity index (χ1v) is 6.75. The Morgan fingerprint density at radius 2 is 2.17 bits per heavy atom. The molecule has 1 amide bonds. The first-order chi connectivity index (χ1) is 8.67. The van der Waals surface area contributed by atoms with Gasteiger partial charge < -0.3 is 4.90 Å². The second-order valence-corrected chi connectivity index (χ2v) is 4.79. The largest absolute Gasteiger partial charge is 0.342 e. The van der Waals surface area contributed by atoms with Crippen LogP contribution in [-0.4, -0.2) is 33.4 Å². The average Bonchev–Trinajstić information content (AvgIpc) is 2.83. The Hall–Kier alpha value is -1.69. The molecule has 2 aromatic rings. The first-order valence-electron chi connectivity index (χ1n) is 5.87. The molecule has 0 atom stereocenters. The summed E-state index contributed by atoms with van der Waals surface area (Å²) < 4.78 is 1.98. The fourth-order valence-corrected chi connectivity index (χ4v) is 2.61. The van der Waals surface area contributed by atoms with Gasteiger partial charge in [0.1, 0.15) is 11.2 Å². The molecule has 0 aromatic carbocycles. The predicted molar refractivity (Wildman–Crippen MR) is 71.8 cm³/mol. The van der Waals surface area contributed by atoms with E-state index in [0.29, 0.717) is 23.3 Å². The molecule has 0 bridgehead atoms. The van der Waals surface area contributed by atoms with Gasteiger partial charge in [-0.25, -0.2) is 4.98 Å². The van der Waals surface area contributed by atoms with E-state index in [2.05, 4.69) is 4.98 Å². The van der Waals surface area contributed by atoms with Crippen LogP contribution in [0.15, 0.2) is 22.6 Å². The molecule has 0 saturated carbocycles.